The summed E-state index contributed by atoms with van der Waals surface area (Å²) in [5, 5.41) is 2.86. The first-order chi connectivity index (χ1) is 9.13. The zero-order chi connectivity index (χ0) is 14.7. The van der Waals surface area contributed by atoms with Crippen LogP contribution in [0.4, 0.5) is 0 Å². The van der Waals surface area contributed by atoms with Gasteiger partial charge < -0.3 is 5.32 Å². The molecule has 1 amide bonds. The zero-order valence-corrected chi connectivity index (χ0v) is 12.5. The Morgan fingerprint density at radius 1 is 1.26 bits per heavy atom. The molecular formula is C16H24N2O. The fourth-order valence-electron chi connectivity index (χ4n) is 1.29. The number of nitrogens with one attached hydrogen (secondary N) is 1. The summed E-state index contributed by atoms with van der Waals surface area (Å²) in [4.78, 5) is 15.6. The molecule has 0 heterocycles. The highest BCUT2D eigenvalue weighted by atomic mass is 16.1. The molecule has 0 saturated carbocycles. The highest BCUT2D eigenvalue weighted by Crippen LogP contribution is 2.02. The number of allylic oxidation sites excluding steroid dienone is 1. The normalized spacial score (nSPS) is 10.9. The fourth-order valence-corrected chi connectivity index (χ4v) is 1.29. The van der Waals surface area contributed by atoms with E-state index in [1.807, 2.05) is 58.0 Å². The van der Waals surface area contributed by atoms with Crippen LogP contribution in [0.2, 0.25) is 0 Å². The number of nitrogens with zero attached hydrogens (tertiary/aromatic N) is 1. The van der Waals surface area contributed by atoms with Crippen molar-refractivity contribution in [3.63, 3.8) is 0 Å². The summed E-state index contributed by atoms with van der Waals surface area (Å²) in [5.41, 5.74) is 2.90. The number of benzene rings is 1. The van der Waals surface area contributed by atoms with E-state index in [2.05, 4.69) is 10.3 Å². The van der Waals surface area contributed by atoms with Gasteiger partial charge in [0.1, 0.15) is 0 Å². The van der Waals surface area contributed by atoms with Crippen molar-refractivity contribution in [2.75, 3.05) is 13.6 Å². The quantitative estimate of drug-likeness (QED) is 0.828. The Bertz CT molecular complexity index is 431. The molecule has 19 heavy (non-hydrogen) atoms. The van der Waals surface area contributed by atoms with Gasteiger partial charge in [0.15, 0.2) is 0 Å². The molecule has 0 fully saturated rings. The van der Waals surface area contributed by atoms with Gasteiger partial charge in [-0.1, -0.05) is 37.1 Å². The Balaban J connectivity index is 0.00000154. The van der Waals surface area contributed by atoms with Crippen molar-refractivity contribution >= 4 is 12.1 Å². The van der Waals surface area contributed by atoms with Crippen LogP contribution in [0.1, 0.15) is 36.7 Å². The second-order valence-corrected chi connectivity index (χ2v) is 3.97. The molecule has 0 aliphatic heterocycles. The van der Waals surface area contributed by atoms with Gasteiger partial charge in [0.25, 0.3) is 5.91 Å². The van der Waals surface area contributed by atoms with Crippen molar-refractivity contribution in [1.29, 1.82) is 0 Å². The average Bonchev–Trinajstić information content (AvgIpc) is 2.45. The molecule has 0 unspecified atom stereocenters. The van der Waals surface area contributed by atoms with E-state index < -0.39 is 0 Å². The smallest absolute Gasteiger partial charge is 0.251 e. The van der Waals surface area contributed by atoms with Gasteiger partial charge in [-0.15, -0.1) is 0 Å². The number of aliphatic imine (C=N–C) groups is 1. The molecule has 1 aromatic carbocycles. The molecule has 3 heteroatoms. The first kappa shape index (κ1) is 17.1. The van der Waals surface area contributed by atoms with Gasteiger partial charge >= 0.3 is 0 Å². The molecule has 1 aromatic rings. The van der Waals surface area contributed by atoms with Crippen LogP contribution in [0.5, 0.6) is 0 Å². The molecule has 0 aliphatic rings. The Kier molecular flexibility index (Phi) is 9.06. The SMILES string of the molecule is CC.CN=C/C=C(\C)CNC(=O)c1ccc(C)cc1. The average molecular weight is 260 g/mol. The summed E-state index contributed by atoms with van der Waals surface area (Å²) in [6.07, 6.45) is 3.60. The van der Waals surface area contributed by atoms with E-state index in [4.69, 9.17) is 0 Å². The lowest BCUT2D eigenvalue weighted by molar-refractivity contribution is 0.0957. The highest BCUT2D eigenvalue weighted by Gasteiger charge is 2.03. The molecule has 0 saturated heterocycles. The molecule has 0 aromatic heterocycles. The number of rotatable bonds is 4. The maximum absolute atomic E-state index is 11.8. The molecule has 1 N–H and O–H groups in total. The van der Waals surface area contributed by atoms with Crippen molar-refractivity contribution in [3.8, 4) is 0 Å². The second kappa shape index (κ2) is 10.1. The van der Waals surface area contributed by atoms with E-state index in [9.17, 15) is 4.79 Å². The minimum Gasteiger partial charge on any atom is -0.348 e. The van der Waals surface area contributed by atoms with E-state index >= 15 is 0 Å². The molecule has 0 atom stereocenters. The first-order valence-corrected chi connectivity index (χ1v) is 6.56. The fraction of sp³-hybridized carbons (Fsp3) is 0.375. The van der Waals surface area contributed by atoms with Crippen LogP contribution >= 0.6 is 0 Å². The highest BCUT2D eigenvalue weighted by molar-refractivity contribution is 5.94. The summed E-state index contributed by atoms with van der Waals surface area (Å²) in [6, 6.07) is 7.52. The lowest BCUT2D eigenvalue weighted by Crippen LogP contribution is -2.25. The van der Waals surface area contributed by atoms with Crippen molar-refractivity contribution in [2.24, 2.45) is 4.99 Å². The van der Waals surface area contributed by atoms with E-state index in [1.165, 1.54) is 0 Å². The van der Waals surface area contributed by atoms with Crippen LogP contribution in [0.25, 0.3) is 0 Å². The van der Waals surface area contributed by atoms with Crippen molar-refractivity contribution in [2.45, 2.75) is 27.7 Å². The van der Waals surface area contributed by atoms with E-state index in [0.29, 0.717) is 12.1 Å². The number of amides is 1. The lowest BCUT2D eigenvalue weighted by atomic mass is 10.1. The largest absolute Gasteiger partial charge is 0.348 e. The monoisotopic (exact) mass is 260 g/mol. The summed E-state index contributed by atoms with van der Waals surface area (Å²) in [5.74, 6) is -0.0498. The van der Waals surface area contributed by atoms with E-state index in [0.717, 1.165) is 11.1 Å². The van der Waals surface area contributed by atoms with Gasteiger partial charge in [0.2, 0.25) is 0 Å². The predicted octanol–water partition coefficient (Wildman–Crippen LogP) is 3.40. The van der Waals surface area contributed by atoms with Crippen LogP contribution < -0.4 is 5.32 Å². The van der Waals surface area contributed by atoms with Crippen LogP contribution in [0.15, 0.2) is 40.9 Å². The molecule has 104 valence electrons. The van der Waals surface area contributed by atoms with Crippen LogP contribution in [-0.4, -0.2) is 25.7 Å². The van der Waals surface area contributed by atoms with Crippen molar-refractivity contribution < 1.29 is 4.79 Å². The van der Waals surface area contributed by atoms with Crippen LogP contribution in [0, 0.1) is 6.92 Å². The summed E-state index contributed by atoms with van der Waals surface area (Å²) < 4.78 is 0. The van der Waals surface area contributed by atoms with Crippen LogP contribution in [0.3, 0.4) is 0 Å². The van der Waals surface area contributed by atoms with Gasteiger partial charge in [0.05, 0.1) is 0 Å². The van der Waals surface area contributed by atoms with E-state index in [-0.39, 0.29) is 5.91 Å². The van der Waals surface area contributed by atoms with Crippen LogP contribution in [-0.2, 0) is 0 Å². The standard InChI is InChI=1S/C14H18N2O.C2H6/c1-11-4-6-13(7-5-11)14(17)16-10-12(2)8-9-15-3;1-2/h4-9H,10H2,1-3H3,(H,16,17);1-2H3/b12-8+,15-9?;. The van der Waals surface area contributed by atoms with Gasteiger partial charge in [-0.05, 0) is 32.1 Å². The topological polar surface area (TPSA) is 41.5 Å². The second-order valence-electron chi connectivity index (χ2n) is 3.97. The number of hydrogen-bond acceptors (Lipinski definition) is 2. The number of aryl methyl sites for hydroxylation is 1. The predicted molar refractivity (Wildman–Crippen MR) is 83.0 cm³/mol. The maximum atomic E-state index is 11.8. The van der Waals surface area contributed by atoms with Gasteiger partial charge in [-0.3, -0.25) is 9.79 Å². The zero-order valence-electron chi connectivity index (χ0n) is 12.5. The maximum Gasteiger partial charge on any atom is 0.251 e. The summed E-state index contributed by atoms with van der Waals surface area (Å²) in [7, 11) is 1.72. The van der Waals surface area contributed by atoms with Crippen molar-refractivity contribution in [1.82, 2.24) is 5.32 Å². The molecule has 0 aliphatic carbocycles. The summed E-state index contributed by atoms with van der Waals surface area (Å²) in [6.45, 7) is 8.49. The lowest BCUT2D eigenvalue weighted by Gasteiger charge is -2.05. The number of carbonyl (C=O) groups is 1. The van der Waals surface area contributed by atoms with Gasteiger partial charge in [0, 0.05) is 25.4 Å². The third kappa shape index (κ3) is 7.19. The van der Waals surface area contributed by atoms with Crippen molar-refractivity contribution in [3.05, 3.63) is 47.0 Å². The Hall–Kier alpha value is -1.90. The Labute approximate surface area is 116 Å². The molecule has 1 rings (SSSR count). The minimum absolute atomic E-state index is 0.0498. The van der Waals surface area contributed by atoms with Gasteiger partial charge in [-0.25, -0.2) is 0 Å². The molecular weight excluding hydrogens is 236 g/mol. The van der Waals surface area contributed by atoms with E-state index in [1.54, 1.807) is 13.3 Å². The molecule has 0 radical (unpaired) electrons. The molecule has 3 nitrogen and oxygen atoms in total. The number of hydrogen-bond donors (Lipinski definition) is 1. The Morgan fingerprint density at radius 3 is 2.37 bits per heavy atom. The Morgan fingerprint density at radius 2 is 1.84 bits per heavy atom. The minimum atomic E-state index is -0.0498. The first-order valence-electron chi connectivity index (χ1n) is 6.56. The number of carbonyl (C=O) groups excluding carboxylic acids is 1. The summed E-state index contributed by atoms with van der Waals surface area (Å²) >= 11 is 0. The molecule has 0 spiro atoms. The third-order valence-electron chi connectivity index (χ3n) is 2.35. The van der Waals surface area contributed by atoms with Gasteiger partial charge in [-0.2, -0.15) is 0 Å². The molecule has 0 bridgehead atoms. The third-order valence-corrected chi connectivity index (χ3v) is 2.35.